The van der Waals surface area contributed by atoms with Gasteiger partial charge in [0, 0.05) is 0 Å². The molecule has 0 saturated carbocycles. The van der Waals surface area contributed by atoms with E-state index in [0.29, 0.717) is 13.0 Å². The van der Waals surface area contributed by atoms with Crippen molar-refractivity contribution in [2.24, 2.45) is 0 Å². The van der Waals surface area contributed by atoms with Crippen LogP contribution in [0.25, 0.3) is 0 Å². The van der Waals surface area contributed by atoms with E-state index in [4.69, 9.17) is 11.6 Å². The highest BCUT2D eigenvalue weighted by atomic mass is 35.5. The van der Waals surface area contributed by atoms with Crippen LogP contribution >= 0.6 is 11.6 Å². The van der Waals surface area contributed by atoms with Gasteiger partial charge >= 0.3 is 6.18 Å². The molecule has 1 saturated heterocycles. The van der Waals surface area contributed by atoms with Crippen molar-refractivity contribution in [3.05, 3.63) is 28.8 Å². The third kappa shape index (κ3) is 3.07. The fourth-order valence-electron chi connectivity index (χ4n) is 2.15. The maximum Gasteiger partial charge on any atom is 0.416 e. The number of hydrogen-bond acceptors (Lipinski definition) is 2. The van der Waals surface area contributed by atoms with Crippen LogP contribution in [0.3, 0.4) is 0 Å². The number of hydrogen-bond donors (Lipinski definition) is 2. The highest BCUT2D eigenvalue weighted by molar-refractivity contribution is 6.33. The normalized spacial score (nSPS) is 22.9. The molecule has 3 nitrogen and oxygen atoms in total. The summed E-state index contributed by atoms with van der Waals surface area (Å²) in [5.74, 6) is -0.378. The van der Waals surface area contributed by atoms with Crippen LogP contribution in [0.5, 0.6) is 0 Å². The lowest BCUT2D eigenvalue weighted by Gasteiger charge is -2.23. The van der Waals surface area contributed by atoms with Crippen molar-refractivity contribution in [3.63, 3.8) is 0 Å². The van der Waals surface area contributed by atoms with Crippen molar-refractivity contribution in [2.75, 3.05) is 11.9 Å². The summed E-state index contributed by atoms with van der Waals surface area (Å²) in [6, 6.07) is 2.86. The van der Waals surface area contributed by atoms with Crippen LogP contribution in [0.15, 0.2) is 18.2 Å². The van der Waals surface area contributed by atoms with Gasteiger partial charge in [-0.1, -0.05) is 11.6 Å². The minimum Gasteiger partial charge on any atom is -0.323 e. The van der Waals surface area contributed by atoms with Gasteiger partial charge in [-0.3, -0.25) is 4.79 Å². The van der Waals surface area contributed by atoms with E-state index in [1.165, 1.54) is 0 Å². The average molecular weight is 307 g/mol. The van der Waals surface area contributed by atoms with Crippen LogP contribution in [0.2, 0.25) is 5.02 Å². The van der Waals surface area contributed by atoms with Crippen molar-refractivity contribution in [3.8, 4) is 0 Å². The number of carbonyl (C=O) groups is 1. The number of anilines is 1. The molecule has 1 aromatic carbocycles. The van der Waals surface area contributed by atoms with E-state index >= 15 is 0 Å². The molecule has 2 N–H and O–H groups in total. The predicted octanol–water partition coefficient (Wildman–Crippen LogP) is 3.44. The fourth-order valence-corrected chi connectivity index (χ4v) is 2.31. The molecular formula is C13H14ClF3N2O. The van der Waals surface area contributed by atoms with Crippen LogP contribution < -0.4 is 10.6 Å². The number of halogens is 4. The van der Waals surface area contributed by atoms with Gasteiger partial charge in [-0.2, -0.15) is 13.2 Å². The first-order valence-corrected chi connectivity index (χ1v) is 6.53. The van der Waals surface area contributed by atoms with E-state index in [0.717, 1.165) is 24.6 Å². The predicted molar refractivity (Wildman–Crippen MR) is 70.7 cm³/mol. The van der Waals surface area contributed by atoms with Crippen molar-refractivity contribution in [1.82, 2.24) is 5.32 Å². The minimum atomic E-state index is -4.47. The second-order valence-corrected chi connectivity index (χ2v) is 5.42. The number of alkyl halides is 3. The van der Waals surface area contributed by atoms with Crippen LogP contribution in [-0.4, -0.2) is 18.0 Å². The van der Waals surface area contributed by atoms with E-state index in [9.17, 15) is 18.0 Å². The molecule has 1 fully saturated rings. The van der Waals surface area contributed by atoms with Crippen molar-refractivity contribution in [2.45, 2.75) is 31.5 Å². The molecule has 0 aliphatic carbocycles. The molecule has 2 rings (SSSR count). The van der Waals surface area contributed by atoms with Gasteiger partial charge in [-0.15, -0.1) is 0 Å². The number of benzene rings is 1. The summed E-state index contributed by atoms with van der Waals surface area (Å²) in [4.78, 5) is 12.1. The van der Waals surface area contributed by atoms with Crippen LogP contribution in [0.4, 0.5) is 18.9 Å². The second kappa shape index (κ2) is 5.26. The number of carbonyl (C=O) groups excluding carboxylic acids is 1. The Labute approximate surface area is 119 Å². The van der Waals surface area contributed by atoms with Crippen LogP contribution in [0, 0.1) is 0 Å². The van der Waals surface area contributed by atoms with Gasteiger partial charge in [0.05, 0.1) is 21.8 Å². The molecule has 1 unspecified atom stereocenters. The molecular weight excluding hydrogens is 293 g/mol. The summed E-state index contributed by atoms with van der Waals surface area (Å²) in [6.07, 6.45) is -2.99. The van der Waals surface area contributed by atoms with Gasteiger partial charge < -0.3 is 10.6 Å². The van der Waals surface area contributed by atoms with E-state index < -0.39 is 17.3 Å². The zero-order valence-corrected chi connectivity index (χ0v) is 11.5. The van der Waals surface area contributed by atoms with E-state index in [1.807, 2.05) is 0 Å². The van der Waals surface area contributed by atoms with Crippen molar-refractivity contribution in [1.29, 1.82) is 0 Å². The monoisotopic (exact) mass is 306 g/mol. The lowest BCUT2D eigenvalue weighted by molar-refractivity contribution is -0.137. The zero-order valence-electron chi connectivity index (χ0n) is 10.8. The van der Waals surface area contributed by atoms with Crippen molar-refractivity contribution < 1.29 is 18.0 Å². The van der Waals surface area contributed by atoms with Gasteiger partial charge in [0.25, 0.3) is 0 Å². The maximum absolute atomic E-state index is 12.6. The Kier molecular flexibility index (Phi) is 3.97. The Bertz CT molecular complexity index is 525. The SMILES string of the molecule is CC1(C(=O)Nc2cc(C(F)(F)F)ccc2Cl)CCCN1. The Morgan fingerprint density at radius 2 is 2.15 bits per heavy atom. The number of rotatable bonds is 2. The fraction of sp³-hybridized carbons (Fsp3) is 0.462. The van der Waals surface area contributed by atoms with Gasteiger partial charge in [0.2, 0.25) is 5.91 Å². The summed E-state index contributed by atoms with van der Waals surface area (Å²) in [5.41, 5.74) is -1.64. The number of amides is 1. The third-order valence-corrected chi connectivity index (χ3v) is 3.74. The molecule has 0 spiro atoms. The average Bonchev–Trinajstić information content (AvgIpc) is 2.79. The third-order valence-electron chi connectivity index (χ3n) is 3.41. The first-order chi connectivity index (χ1) is 9.22. The number of nitrogens with one attached hydrogen (secondary N) is 2. The van der Waals surface area contributed by atoms with Gasteiger partial charge in [0.15, 0.2) is 0 Å². The Morgan fingerprint density at radius 3 is 2.70 bits per heavy atom. The molecule has 1 heterocycles. The summed E-state index contributed by atoms with van der Waals surface area (Å²) in [6.45, 7) is 2.43. The summed E-state index contributed by atoms with van der Waals surface area (Å²) in [7, 11) is 0. The Hall–Kier alpha value is -1.27. The molecule has 20 heavy (non-hydrogen) atoms. The van der Waals surface area contributed by atoms with Gasteiger partial charge in [-0.25, -0.2) is 0 Å². The zero-order chi connectivity index (χ0) is 15.0. The first-order valence-electron chi connectivity index (χ1n) is 6.16. The van der Waals surface area contributed by atoms with E-state index in [-0.39, 0.29) is 16.6 Å². The van der Waals surface area contributed by atoms with Gasteiger partial charge in [0.1, 0.15) is 0 Å². The van der Waals surface area contributed by atoms with Gasteiger partial charge in [-0.05, 0) is 44.5 Å². The lowest BCUT2D eigenvalue weighted by Crippen LogP contribution is -2.48. The molecule has 1 aliphatic heterocycles. The quantitative estimate of drug-likeness (QED) is 0.879. The summed E-state index contributed by atoms with van der Waals surface area (Å²) >= 11 is 5.84. The first kappa shape index (κ1) is 15.1. The molecule has 1 atom stereocenters. The molecule has 0 radical (unpaired) electrons. The molecule has 1 amide bonds. The Balaban J connectivity index is 2.22. The summed E-state index contributed by atoms with van der Waals surface area (Å²) in [5, 5.41) is 5.59. The second-order valence-electron chi connectivity index (χ2n) is 5.01. The summed E-state index contributed by atoms with van der Waals surface area (Å²) < 4.78 is 37.9. The molecule has 1 aliphatic rings. The highest BCUT2D eigenvalue weighted by Gasteiger charge is 2.36. The smallest absolute Gasteiger partial charge is 0.323 e. The lowest BCUT2D eigenvalue weighted by atomic mass is 9.99. The highest BCUT2D eigenvalue weighted by Crippen LogP contribution is 2.34. The van der Waals surface area contributed by atoms with Crippen LogP contribution in [0.1, 0.15) is 25.3 Å². The topological polar surface area (TPSA) is 41.1 Å². The standard InChI is InChI=1S/C13H14ClF3N2O/c1-12(5-2-6-18-12)11(20)19-10-7-8(13(15,16)17)3-4-9(10)14/h3-4,7,18H,2,5-6H2,1H3,(H,19,20). The molecule has 7 heteroatoms. The van der Waals surface area contributed by atoms with E-state index in [2.05, 4.69) is 10.6 Å². The Morgan fingerprint density at radius 1 is 1.45 bits per heavy atom. The molecule has 0 bridgehead atoms. The minimum absolute atomic E-state index is 0.0265. The molecule has 0 aromatic heterocycles. The molecule has 1 aromatic rings. The maximum atomic E-state index is 12.6. The molecule has 110 valence electrons. The van der Waals surface area contributed by atoms with E-state index in [1.54, 1.807) is 6.92 Å². The van der Waals surface area contributed by atoms with Crippen molar-refractivity contribution >= 4 is 23.2 Å². The largest absolute Gasteiger partial charge is 0.416 e. The van der Waals surface area contributed by atoms with Crippen LogP contribution in [-0.2, 0) is 11.0 Å².